The van der Waals surface area contributed by atoms with Crippen molar-refractivity contribution in [2.75, 3.05) is 0 Å². The molecule has 0 fully saturated rings. The highest BCUT2D eigenvalue weighted by molar-refractivity contribution is 8.51. The van der Waals surface area contributed by atoms with E-state index in [9.17, 15) is 0 Å². The molecule has 0 aromatic heterocycles. The van der Waals surface area contributed by atoms with Gasteiger partial charge in [0.25, 0.3) is 0 Å². The van der Waals surface area contributed by atoms with Crippen LogP contribution in [0.1, 0.15) is 33.4 Å². The summed E-state index contributed by atoms with van der Waals surface area (Å²) in [5, 5.41) is 0. The zero-order valence-electron chi connectivity index (χ0n) is 16.5. The minimum atomic E-state index is -1.86. The monoisotopic (exact) mass is 382 g/mol. The first-order valence-electron chi connectivity index (χ1n) is 9.00. The molecule has 0 atom stereocenters. The van der Waals surface area contributed by atoms with Gasteiger partial charge in [0, 0.05) is 14.7 Å². The predicted octanol–water partition coefficient (Wildman–Crippen LogP) is 7.97. The zero-order valence-corrected chi connectivity index (χ0v) is 18.1. The highest BCUT2D eigenvalue weighted by Crippen LogP contribution is 2.74. The second kappa shape index (κ2) is 7.13. The van der Waals surface area contributed by atoms with Gasteiger partial charge in [0.1, 0.15) is 0 Å². The van der Waals surface area contributed by atoms with Crippen LogP contribution in [0.4, 0.5) is 0 Å². The molecule has 136 valence electrons. The molecule has 0 unspecified atom stereocenters. The van der Waals surface area contributed by atoms with E-state index in [1.165, 1.54) is 48.1 Å². The Morgan fingerprint density at radius 1 is 0.500 bits per heavy atom. The SMILES string of the molecule is Cc1cccc(S(Cl)(c2cccc(C)c2C)c2cccc(C)c2C)c1C. The van der Waals surface area contributed by atoms with Crippen LogP contribution in [0.2, 0.25) is 0 Å². The minimum absolute atomic E-state index is 1.25. The zero-order chi connectivity index (χ0) is 19.1. The van der Waals surface area contributed by atoms with Crippen LogP contribution >= 0.6 is 19.9 Å². The molecule has 3 aromatic rings. The Kier molecular flexibility index (Phi) is 5.23. The lowest BCUT2D eigenvalue weighted by molar-refractivity contribution is 1.15. The molecule has 3 rings (SSSR count). The van der Waals surface area contributed by atoms with Crippen molar-refractivity contribution >= 4 is 19.9 Å². The third-order valence-electron chi connectivity index (χ3n) is 5.57. The third kappa shape index (κ3) is 2.98. The minimum Gasteiger partial charge on any atom is -0.0802 e. The summed E-state index contributed by atoms with van der Waals surface area (Å²) in [6, 6.07) is 19.6. The average Bonchev–Trinajstić information content (AvgIpc) is 2.61. The van der Waals surface area contributed by atoms with Gasteiger partial charge in [-0.3, -0.25) is 0 Å². The number of aryl methyl sites for hydroxylation is 3. The summed E-state index contributed by atoms with van der Waals surface area (Å²) in [6.07, 6.45) is 0. The van der Waals surface area contributed by atoms with E-state index in [1.54, 1.807) is 0 Å². The predicted molar refractivity (Wildman–Crippen MR) is 116 cm³/mol. The fraction of sp³-hybridized carbons (Fsp3) is 0.250. The molecule has 0 nitrogen and oxygen atoms in total. The van der Waals surface area contributed by atoms with Gasteiger partial charge in [0.05, 0.1) is 0 Å². The molecule has 3 aromatic carbocycles. The number of hydrogen-bond donors (Lipinski definition) is 0. The van der Waals surface area contributed by atoms with Crippen LogP contribution in [-0.4, -0.2) is 0 Å². The molecule has 0 N–H and O–H groups in total. The molecular formula is C24H27ClS. The standard InChI is InChI=1S/C24H27ClS/c1-16-10-7-13-22(19(16)4)26(25,23-14-8-11-17(2)20(23)5)24-15-9-12-18(3)21(24)6/h7-15H,1-6H3. The quantitative estimate of drug-likeness (QED) is 0.430. The maximum atomic E-state index is 7.73. The first-order valence-corrected chi connectivity index (χ1v) is 11.5. The van der Waals surface area contributed by atoms with Crippen molar-refractivity contribution in [3.05, 3.63) is 88.0 Å². The summed E-state index contributed by atoms with van der Waals surface area (Å²) in [7, 11) is 5.87. The van der Waals surface area contributed by atoms with Gasteiger partial charge in [-0.1, -0.05) is 56.3 Å². The first-order chi connectivity index (χ1) is 12.3. The number of benzene rings is 3. The van der Waals surface area contributed by atoms with Crippen molar-refractivity contribution in [3.63, 3.8) is 0 Å². The number of halogens is 1. The van der Waals surface area contributed by atoms with E-state index in [0.29, 0.717) is 0 Å². The van der Waals surface area contributed by atoms with Gasteiger partial charge >= 0.3 is 0 Å². The van der Waals surface area contributed by atoms with E-state index >= 15 is 0 Å². The largest absolute Gasteiger partial charge is 0.0802 e. The van der Waals surface area contributed by atoms with Gasteiger partial charge in [-0.2, -0.15) is 0 Å². The van der Waals surface area contributed by atoms with Crippen molar-refractivity contribution < 1.29 is 0 Å². The van der Waals surface area contributed by atoms with Gasteiger partial charge in [0.15, 0.2) is 0 Å². The highest BCUT2D eigenvalue weighted by atomic mass is 35.7. The second-order valence-electron chi connectivity index (χ2n) is 7.13. The van der Waals surface area contributed by atoms with Gasteiger partial charge in [0.2, 0.25) is 0 Å². The smallest absolute Gasteiger partial charge is 0.0149 e. The molecule has 0 aliphatic heterocycles. The van der Waals surface area contributed by atoms with Crippen LogP contribution in [0.15, 0.2) is 69.3 Å². The molecule has 0 radical (unpaired) electrons. The van der Waals surface area contributed by atoms with E-state index in [0.717, 1.165) is 0 Å². The van der Waals surface area contributed by atoms with Gasteiger partial charge in [-0.15, -0.1) is 0 Å². The van der Waals surface area contributed by atoms with Crippen LogP contribution in [0, 0.1) is 41.5 Å². The highest BCUT2D eigenvalue weighted by Gasteiger charge is 2.33. The van der Waals surface area contributed by atoms with E-state index in [1.807, 2.05) is 0 Å². The Balaban J connectivity index is 2.46. The molecule has 2 heteroatoms. The topological polar surface area (TPSA) is 0 Å². The molecule has 0 amide bonds. The molecular weight excluding hydrogens is 356 g/mol. The summed E-state index contributed by atoms with van der Waals surface area (Å²) in [5.74, 6) is 0. The molecule has 0 spiro atoms. The Morgan fingerprint density at radius 2 is 0.769 bits per heavy atom. The van der Waals surface area contributed by atoms with Crippen molar-refractivity contribution in [3.8, 4) is 0 Å². The normalized spacial score (nSPS) is 12.3. The molecule has 0 saturated heterocycles. The van der Waals surface area contributed by atoms with Crippen LogP contribution in [0.25, 0.3) is 0 Å². The fourth-order valence-electron chi connectivity index (χ4n) is 3.44. The summed E-state index contributed by atoms with van der Waals surface area (Å²) in [6.45, 7) is 13.1. The molecule has 0 heterocycles. The molecule has 0 aliphatic carbocycles. The lowest BCUT2D eigenvalue weighted by atomic mass is 10.1. The Bertz CT molecular complexity index is 847. The number of rotatable bonds is 3. The molecule has 0 aliphatic rings. The van der Waals surface area contributed by atoms with E-state index in [2.05, 4.69) is 96.1 Å². The summed E-state index contributed by atoms with van der Waals surface area (Å²) >= 11 is 0. The lowest BCUT2D eigenvalue weighted by Gasteiger charge is -2.38. The van der Waals surface area contributed by atoms with Crippen LogP contribution in [0.5, 0.6) is 0 Å². The van der Waals surface area contributed by atoms with Crippen LogP contribution < -0.4 is 0 Å². The van der Waals surface area contributed by atoms with E-state index < -0.39 is 9.24 Å². The average molecular weight is 383 g/mol. The van der Waals surface area contributed by atoms with Crippen molar-refractivity contribution in [2.24, 2.45) is 0 Å². The van der Waals surface area contributed by atoms with Crippen molar-refractivity contribution in [1.82, 2.24) is 0 Å². The Morgan fingerprint density at radius 3 is 1.04 bits per heavy atom. The van der Waals surface area contributed by atoms with Crippen molar-refractivity contribution in [2.45, 2.75) is 56.2 Å². The summed E-state index contributed by atoms with van der Waals surface area (Å²) in [4.78, 5) is 3.75. The maximum Gasteiger partial charge on any atom is 0.0149 e. The Labute approximate surface area is 164 Å². The summed E-state index contributed by atoms with van der Waals surface area (Å²) < 4.78 is 0. The van der Waals surface area contributed by atoms with Crippen LogP contribution in [-0.2, 0) is 0 Å². The van der Waals surface area contributed by atoms with Gasteiger partial charge in [-0.05, 0) is 93.1 Å². The molecule has 0 bridgehead atoms. The molecule has 26 heavy (non-hydrogen) atoms. The van der Waals surface area contributed by atoms with E-state index in [-0.39, 0.29) is 0 Å². The second-order valence-corrected chi connectivity index (χ2v) is 10.9. The third-order valence-corrected chi connectivity index (χ3v) is 10.2. The fourth-order valence-corrected chi connectivity index (χ4v) is 8.20. The van der Waals surface area contributed by atoms with Gasteiger partial charge < -0.3 is 0 Å². The van der Waals surface area contributed by atoms with Crippen molar-refractivity contribution in [1.29, 1.82) is 0 Å². The number of hydrogen-bond acceptors (Lipinski definition) is 0. The Hall–Kier alpha value is -1.70. The molecule has 0 saturated carbocycles. The summed E-state index contributed by atoms with van der Waals surface area (Å²) in [5.41, 5.74) is 7.74. The maximum absolute atomic E-state index is 7.73. The van der Waals surface area contributed by atoms with Crippen LogP contribution in [0.3, 0.4) is 0 Å². The van der Waals surface area contributed by atoms with Gasteiger partial charge in [-0.25, -0.2) is 0 Å². The lowest BCUT2D eigenvalue weighted by Crippen LogP contribution is -2.05. The first kappa shape index (κ1) is 19.1. The van der Waals surface area contributed by atoms with E-state index in [4.69, 9.17) is 10.7 Å².